The van der Waals surface area contributed by atoms with Gasteiger partial charge in [-0.15, -0.1) is 0 Å². The molecule has 1 N–H and O–H groups in total. The van der Waals surface area contributed by atoms with Crippen molar-refractivity contribution in [2.45, 2.75) is 13.0 Å². The van der Waals surface area contributed by atoms with Crippen LogP contribution in [-0.4, -0.2) is 16.1 Å². The van der Waals surface area contributed by atoms with Crippen molar-refractivity contribution in [2.24, 2.45) is 0 Å². The summed E-state index contributed by atoms with van der Waals surface area (Å²) >= 11 is 6.97. The Morgan fingerprint density at radius 1 is 1.29 bits per heavy atom. The summed E-state index contributed by atoms with van der Waals surface area (Å²) in [6, 6.07) is 6.13. The molecule has 0 fully saturated rings. The lowest BCUT2D eigenvalue weighted by Gasteiger charge is -2.09. The molecular weight excluding hydrogens is 346 g/mol. The van der Waals surface area contributed by atoms with Crippen LogP contribution in [0.15, 0.2) is 45.9 Å². The number of hydrogen-bond acceptors (Lipinski definition) is 2. The highest BCUT2D eigenvalue weighted by Crippen LogP contribution is 2.25. The summed E-state index contributed by atoms with van der Waals surface area (Å²) in [5, 5.41) is 3.40. The molecule has 90 valence electrons. The average Bonchev–Trinajstić information content (AvgIpc) is 2.79. The molecule has 0 aliphatic carbocycles. The molecule has 1 aromatic heterocycles. The van der Waals surface area contributed by atoms with Crippen LogP contribution in [0.2, 0.25) is 0 Å². The summed E-state index contributed by atoms with van der Waals surface area (Å²) in [5.41, 5.74) is 1.12. The van der Waals surface area contributed by atoms with E-state index in [-0.39, 0.29) is 0 Å². The minimum atomic E-state index is 0.943. The Labute approximate surface area is 118 Å². The molecule has 0 bridgehead atoms. The molecule has 0 radical (unpaired) electrons. The molecule has 5 heteroatoms. The summed E-state index contributed by atoms with van der Waals surface area (Å²) in [4.78, 5) is 4.01. The number of nitrogens with zero attached hydrogens (tertiary/aromatic N) is 2. The first-order chi connectivity index (χ1) is 8.25. The Hall–Kier alpha value is -0.810. The molecule has 2 rings (SSSR count). The van der Waals surface area contributed by atoms with Gasteiger partial charge in [0, 0.05) is 40.1 Å². The standard InChI is InChI=1S/C12H13Br2N3/c13-10-2-3-12(11(14)8-10)16-4-1-6-17-7-5-15-9-17/h2-3,5,7-9,16H,1,4,6H2. The van der Waals surface area contributed by atoms with Crippen molar-refractivity contribution in [3.8, 4) is 0 Å². The van der Waals surface area contributed by atoms with Gasteiger partial charge in [-0.1, -0.05) is 15.9 Å². The van der Waals surface area contributed by atoms with E-state index in [4.69, 9.17) is 0 Å². The van der Waals surface area contributed by atoms with Crippen LogP contribution >= 0.6 is 31.9 Å². The summed E-state index contributed by atoms with van der Waals surface area (Å²) in [5.74, 6) is 0. The molecule has 2 aromatic rings. The summed E-state index contributed by atoms with van der Waals surface area (Å²) < 4.78 is 4.24. The van der Waals surface area contributed by atoms with Crippen LogP contribution in [0.5, 0.6) is 0 Å². The predicted octanol–water partition coefficient (Wildman–Crippen LogP) is 3.91. The quantitative estimate of drug-likeness (QED) is 0.821. The zero-order valence-corrected chi connectivity index (χ0v) is 12.4. The van der Waals surface area contributed by atoms with E-state index in [9.17, 15) is 0 Å². The Morgan fingerprint density at radius 2 is 2.18 bits per heavy atom. The Balaban J connectivity index is 1.78. The minimum absolute atomic E-state index is 0.943. The number of halogens is 2. The molecule has 1 aromatic carbocycles. The molecule has 0 saturated heterocycles. The van der Waals surface area contributed by atoms with Crippen LogP contribution in [0.25, 0.3) is 0 Å². The molecule has 0 spiro atoms. The van der Waals surface area contributed by atoms with Gasteiger partial charge in [0.25, 0.3) is 0 Å². The number of hydrogen-bond donors (Lipinski definition) is 1. The van der Waals surface area contributed by atoms with Gasteiger partial charge in [-0.25, -0.2) is 4.98 Å². The van der Waals surface area contributed by atoms with Gasteiger partial charge in [-0.05, 0) is 40.5 Å². The van der Waals surface area contributed by atoms with Crippen LogP contribution in [-0.2, 0) is 6.54 Å². The van der Waals surface area contributed by atoms with E-state index in [1.54, 1.807) is 6.20 Å². The maximum absolute atomic E-state index is 4.01. The first-order valence-electron chi connectivity index (χ1n) is 5.40. The van der Waals surface area contributed by atoms with Crippen molar-refractivity contribution in [1.82, 2.24) is 9.55 Å². The predicted molar refractivity (Wildman–Crippen MR) is 77.2 cm³/mol. The molecular formula is C12H13Br2N3. The largest absolute Gasteiger partial charge is 0.384 e. The smallest absolute Gasteiger partial charge is 0.0945 e. The first-order valence-corrected chi connectivity index (χ1v) is 6.99. The van der Waals surface area contributed by atoms with E-state index in [2.05, 4.69) is 52.8 Å². The summed E-state index contributed by atoms with van der Waals surface area (Å²) in [6.07, 6.45) is 6.70. The fraction of sp³-hybridized carbons (Fsp3) is 0.250. The van der Waals surface area contributed by atoms with E-state index in [0.29, 0.717) is 0 Å². The molecule has 0 atom stereocenters. The number of aryl methyl sites for hydroxylation is 1. The SMILES string of the molecule is Brc1ccc(NCCCn2ccnc2)c(Br)c1. The van der Waals surface area contributed by atoms with Crippen LogP contribution < -0.4 is 5.32 Å². The number of imidazole rings is 1. The van der Waals surface area contributed by atoms with Gasteiger partial charge < -0.3 is 9.88 Å². The van der Waals surface area contributed by atoms with E-state index in [0.717, 1.165) is 34.1 Å². The zero-order valence-electron chi connectivity index (χ0n) is 9.24. The highest BCUT2D eigenvalue weighted by Gasteiger charge is 1.99. The van der Waals surface area contributed by atoms with E-state index in [1.165, 1.54) is 0 Å². The van der Waals surface area contributed by atoms with Crippen LogP contribution in [0.3, 0.4) is 0 Å². The zero-order chi connectivity index (χ0) is 12.1. The van der Waals surface area contributed by atoms with Crippen LogP contribution in [0.1, 0.15) is 6.42 Å². The number of rotatable bonds is 5. The lowest BCUT2D eigenvalue weighted by molar-refractivity contribution is 0.660. The maximum Gasteiger partial charge on any atom is 0.0945 e. The lowest BCUT2D eigenvalue weighted by Crippen LogP contribution is -2.06. The summed E-state index contributed by atoms with van der Waals surface area (Å²) in [6.45, 7) is 1.93. The van der Waals surface area contributed by atoms with Crippen molar-refractivity contribution >= 4 is 37.5 Å². The normalized spacial score (nSPS) is 10.5. The molecule has 0 unspecified atom stereocenters. The van der Waals surface area contributed by atoms with Gasteiger partial charge in [0.1, 0.15) is 0 Å². The number of nitrogens with one attached hydrogen (secondary N) is 1. The monoisotopic (exact) mass is 357 g/mol. The van der Waals surface area contributed by atoms with Crippen LogP contribution in [0.4, 0.5) is 5.69 Å². The lowest BCUT2D eigenvalue weighted by atomic mass is 10.3. The van der Waals surface area contributed by atoms with Gasteiger partial charge in [0.05, 0.1) is 6.33 Å². The summed E-state index contributed by atoms with van der Waals surface area (Å²) in [7, 11) is 0. The van der Waals surface area contributed by atoms with Gasteiger partial charge in [-0.3, -0.25) is 0 Å². The third kappa shape index (κ3) is 3.85. The van der Waals surface area contributed by atoms with Gasteiger partial charge in [0.15, 0.2) is 0 Å². The van der Waals surface area contributed by atoms with Crippen molar-refractivity contribution in [3.05, 3.63) is 45.9 Å². The van der Waals surface area contributed by atoms with E-state index < -0.39 is 0 Å². The van der Waals surface area contributed by atoms with Crippen molar-refractivity contribution in [1.29, 1.82) is 0 Å². The Kier molecular flexibility index (Phi) is 4.62. The molecule has 3 nitrogen and oxygen atoms in total. The molecule has 0 aliphatic rings. The number of anilines is 1. The fourth-order valence-electron chi connectivity index (χ4n) is 1.54. The second-order valence-corrected chi connectivity index (χ2v) is 5.48. The van der Waals surface area contributed by atoms with Crippen molar-refractivity contribution < 1.29 is 0 Å². The third-order valence-corrected chi connectivity index (χ3v) is 3.55. The molecule has 1 heterocycles. The van der Waals surface area contributed by atoms with Gasteiger partial charge in [-0.2, -0.15) is 0 Å². The molecule has 0 amide bonds. The molecule has 17 heavy (non-hydrogen) atoms. The second-order valence-electron chi connectivity index (χ2n) is 3.71. The second kappa shape index (κ2) is 6.21. The molecule has 0 aliphatic heterocycles. The highest BCUT2D eigenvalue weighted by molar-refractivity contribution is 9.11. The van der Waals surface area contributed by atoms with Gasteiger partial charge >= 0.3 is 0 Å². The third-order valence-electron chi connectivity index (χ3n) is 2.40. The fourth-order valence-corrected chi connectivity index (χ4v) is 2.72. The topological polar surface area (TPSA) is 29.9 Å². The van der Waals surface area contributed by atoms with Crippen molar-refractivity contribution in [3.63, 3.8) is 0 Å². The Morgan fingerprint density at radius 3 is 2.88 bits per heavy atom. The average molecular weight is 359 g/mol. The maximum atomic E-state index is 4.01. The minimum Gasteiger partial charge on any atom is -0.384 e. The molecule has 0 saturated carbocycles. The first kappa shape index (κ1) is 12.6. The van der Waals surface area contributed by atoms with E-state index >= 15 is 0 Å². The number of aromatic nitrogens is 2. The van der Waals surface area contributed by atoms with Crippen LogP contribution in [0, 0.1) is 0 Å². The highest BCUT2D eigenvalue weighted by atomic mass is 79.9. The van der Waals surface area contributed by atoms with Crippen molar-refractivity contribution in [2.75, 3.05) is 11.9 Å². The number of benzene rings is 1. The van der Waals surface area contributed by atoms with E-state index in [1.807, 2.05) is 24.7 Å². The van der Waals surface area contributed by atoms with Gasteiger partial charge in [0.2, 0.25) is 0 Å². The Bertz CT molecular complexity index is 469.